The van der Waals surface area contributed by atoms with E-state index < -0.39 is 0 Å². The van der Waals surface area contributed by atoms with Crippen molar-refractivity contribution < 1.29 is 4.79 Å². The summed E-state index contributed by atoms with van der Waals surface area (Å²) in [6.45, 7) is 0. The van der Waals surface area contributed by atoms with Gasteiger partial charge in [-0.1, -0.05) is 23.7 Å². The van der Waals surface area contributed by atoms with Crippen LogP contribution in [0.2, 0.25) is 5.02 Å². The zero-order valence-corrected chi connectivity index (χ0v) is 9.87. The van der Waals surface area contributed by atoms with Gasteiger partial charge in [0.15, 0.2) is 0 Å². The van der Waals surface area contributed by atoms with E-state index in [2.05, 4.69) is 15.3 Å². The summed E-state index contributed by atoms with van der Waals surface area (Å²) in [5, 5.41) is 3.31. The summed E-state index contributed by atoms with van der Waals surface area (Å²) >= 11 is 5.94. The minimum atomic E-state index is -0.0623. The number of carbonyl (C=O) groups is 1. The van der Waals surface area contributed by atoms with Gasteiger partial charge < -0.3 is 10.3 Å². The van der Waals surface area contributed by atoms with Crippen molar-refractivity contribution in [3.05, 3.63) is 47.5 Å². The molecule has 0 fully saturated rings. The lowest BCUT2D eigenvalue weighted by Gasteiger charge is -2.06. The molecule has 2 aromatic rings. The van der Waals surface area contributed by atoms with Gasteiger partial charge >= 0.3 is 0 Å². The number of para-hydroxylation sites is 1. The number of carbonyl (C=O) groups excluding carboxylic acids is 1. The first-order valence-corrected chi connectivity index (χ1v) is 5.65. The van der Waals surface area contributed by atoms with Gasteiger partial charge in [-0.05, 0) is 18.6 Å². The molecular formula is C12H12ClN3O. The van der Waals surface area contributed by atoms with E-state index in [1.165, 1.54) is 0 Å². The molecule has 0 atom stereocenters. The van der Waals surface area contributed by atoms with Gasteiger partial charge in [0.2, 0.25) is 5.91 Å². The lowest BCUT2D eigenvalue weighted by atomic mass is 10.2. The van der Waals surface area contributed by atoms with Crippen molar-refractivity contribution in [1.82, 2.24) is 9.97 Å². The van der Waals surface area contributed by atoms with Crippen molar-refractivity contribution in [1.29, 1.82) is 0 Å². The van der Waals surface area contributed by atoms with Crippen molar-refractivity contribution in [2.24, 2.45) is 0 Å². The SMILES string of the molecule is O=C(CCc1cnc[nH]1)Nc1ccccc1Cl. The molecule has 17 heavy (non-hydrogen) atoms. The maximum Gasteiger partial charge on any atom is 0.224 e. The molecule has 4 nitrogen and oxygen atoms in total. The first-order valence-electron chi connectivity index (χ1n) is 5.27. The number of benzene rings is 1. The fourth-order valence-electron chi connectivity index (χ4n) is 1.44. The molecule has 1 aromatic carbocycles. The highest BCUT2D eigenvalue weighted by Gasteiger charge is 2.05. The van der Waals surface area contributed by atoms with Crippen molar-refractivity contribution in [2.45, 2.75) is 12.8 Å². The second-order valence-corrected chi connectivity index (χ2v) is 4.01. The number of H-pyrrole nitrogens is 1. The summed E-state index contributed by atoms with van der Waals surface area (Å²) in [6, 6.07) is 7.17. The molecule has 0 aliphatic rings. The Hall–Kier alpha value is -1.81. The first kappa shape index (κ1) is 11.7. The molecule has 0 aliphatic carbocycles. The van der Waals surface area contributed by atoms with Gasteiger partial charge in [0.05, 0.1) is 17.0 Å². The molecule has 0 saturated heterocycles. The molecule has 88 valence electrons. The number of halogens is 1. The molecule has 0 aliphatic heterocycles. The normalized spacial score (nSPS) is 10.2. The zero-order chi connectivity index (χ0) is 12.1. The number of rotatable bonds is 4. The van der Waals surface area contributed by atoms with E-state index in [0.29, 0.717) is 23.6 Å². The topological polar surface area (TPSA) is 57.8 Å². The third-order valence-electron chi connectivity index (χ3n) is 2.32. The van der Waals surface area contributed by atoms with Gasteiger partial charge in [-0.25, -0.2) is 4.98 Å². The van der Waals surface area contributed by atoms with Crippen molar-refractivity contribution >= 4 is 23.2 Å². The monoisotopic (exact) mass is 249 g/mol. The van der Waals surface area contributed by atoms with Crippen LogP contribution >= 0.6 is 11.6 Å². The molecule has 0 radical (unpaired) electrons. The maximum atomic E-state index is 11.7. The van der Waals surface area contributed by atoms with Crippen LogP contribution in [0.1, 0.15) is 12.1 Å². The number of amides is 1. The zero-order valence-electron chi connectivity index (χ0n) is 9.11. The largest absolute Gasteiger partial charge is 0.348 e. The summed E-state index contributed by atoms with van der Waals surface area (Å²) < 4.78 is 0. The van der Waals surface area contributed by atoms with Gasteiger partial charge in [0.1, 0.15) is 0 Å². The van der Waals surface area contributed by atoms with Gasteiger partial charge in [-0.15, -0.1) is 0 Å². The average Bonchev–Trinajstić information content (AvgIpc) is 2.82. The Morgan fingerprint density at radius 3 is 2.94 bits per heavy atom. The van der Waals surface area contributed by atoms with Crippen LogP contribution in [0.15, 0.2) is 36.8 Å². The number of nitrogens with zero attached hydrogens (tertiary/aromatic N) is 1. The number of aromatic amines is 1. The maximum absolute atomic E-state index is 11.7. The minimum Gasteiger partial charge on any atom is -0.348 e. The predicted molar refractivity (Wildman–Crippen MR) is 67.0 cm³/mol. The molecule has 1 heterocycles. The highest BCUT2D eigenvalue weighted by atomic mass is 35.5. The number of aromatic nitrogens is 2. The van der Waals surface area contributed by atoms with Crippen LogP contribution in [0.5, 0.6) is 0 Å². The van der Waals surface area contributed by atoms with Crippen LogP contribution in [0.4, 0.5) is 5.69 Å². The van der Waals surface area contributed by atoms with Crippen LogP contribution in [0.25, 0.3) is 0 Å². The molecule has 0 unspecified atom stereocenters. The third kappa shape index (κ3) is 3.32. The Morgan fingerprint density at radius 2 is 2.24 bits per heavy atom. The average molecular weight is 250 g/mol. The molecule has 2 N–H and O–H groups in total. The van der Waals surface area contributed by atoms with E-state index in [0.717, 1.165) is 5.69 Å². The lowest BCUT2D eigenvalue weighted by Crippen LogP contribution is -2.12. The number of hydrogen-bond acceptors (Lipinski definition) is 2. The first-order chi connectivity index (χ1) is 8.25. The second-order valence-electron chi connectivity index (χ2n) is 3.60. The van der Waals surface area contributed by atoms with Crippen molar-refractivity contribution in [2.75, 3.05) is 5.32 Å². The summed E-state index contributed by atoms with van der Waals surface area (Å²) in [6.07, 6.45) is 4.34. The van der Waals surface area contributed by atoms with Crippen LogP contribution < -0.4 is 5.32 Å². The fraction of sp³-hybridized carbons (Fsp3) is 0.167. The van der Waals surface area contributed by atoms with E-state index in [1.807, 2.05) is 12.1 Å². The summed E-state index contributed by atoms with van der Waals surface area (Å²) in [7, 11) is 0. The molecule has 0 spiro atoms. The van der Waals surface area contributed by atoms with E-state index in [9.17, 15) is 4.79 Å². The van der Waals surface area contributed by atoms with E-state index >= 15 is 0 Å². The predicted octanol–water partition coefficient (Wildman–Crippen LogP) is 2.63. The van der Waals surface area contributed by atoms with Crippen molar-refractivity contribution in [3.8, 4) is 0 Å². The standard InChI is InChI=1S/C12H12ClN3O/c13-10-3-1-2-4-11(10)16-12(17)6-5-9-7-14-8-15-9/h1-4,7-8H,5-6H2,(H,14,15)(H,16,17). The Labute approximate surface area is 104 Å². The second kappa shape index (κ2) is 5.50. The van der Waals surface area contributed by atoms with Crippen molar-refractivity contribution in [3.63, 3.8) is 0 Å². The summed E-state index contributed by atoms with van der Waals surface area (Å²) in [5.41, 5.74) is 1.59. The van der Waals surface area contributed by atoms with Gasteiger partial charge in [-0.2, -0.15) is 0 Å². The van der Waals surface area contributed by atoms with Crippen LogP contribution in [0, 0.1) is 0 Å². The number of anilines is 1. The number of aryl methyl sites for hydroxylation is 1. The Kier molecular flexibility index (Phi) is 3.77. The highest BCUT2D eigenvalue weighted by Crippen LogP contribution is 2.20. The van der Waals surface area contributed by atoms with Gasteiger partial charge in [0.25, 0.3) is 0 Å². The molecule has 5 heteroatoms. The summed E-state index contributed by atoms with van der Waals surface area (Å²) in [4.78, 5) is 18.5. The number of hydrogen-bond donors (Lipinski definition) is 2. The van der Waals surface area contributed by atoms with Crippen LogP contribution in [0.3, 0.4) is 0 Å². The lowest BCUT2D eigenvalue weighted by molar-refractivity contribution is -0.116. The van der Waals surface area contributed by atoms with Gasteiger partial charge in [-0.3, -0.25) is 4.79 Å². The van der Waals surface area contributed by atoms with Gasteiger partial charge in [0, 0.05) is 18.3 Å². The number of imidazole rings is 1. The Bertz CT molecular complexity index is 496. The Morgan fingerprint density at radius 1 is 1.41 bits per heavy atom. The fourth-order valence-corrected chi connectivity index (χ4v) is 1.63. The Balaban J connectivity index is 1.87. The summed E-state index contributed by atoms with van der Waals surface area (Å²) in [5.74, 6) is -0.0623. The smallest absolute Gasteiger partial charge is 0.224 e. The molecular weight excluding hydrogens is 238 g/mol. The van der Waals surface area contributed by atoms with Crippen LogP contribution in [-0.4, -0.2) is 15.9 Å². The minimum absolute atomic E-state index is 0.0623. The van der Waals surface area contributed by atoms with Crippen LogP contribution in [-0.2, 0) is 11.2 Å². The van der Waals surface area contributed by atoms with E-state index in [1.54, 1.807) is 24.7 Å². The molecule has 1 aromatic heterocycles. The molecule has 0 bridgehead atoms. The van der Waals surface area contributed by atoms with E-state index in [-0.39, 0.29) is 5.91 Å². The quantitative estimate of drug-likeness (QED) is 0.875. The third-order valence-corrected chi connectivity index (χ3v) is 2.65. The molecule has 0 saturated carbocycles. The number of nitrogens with one attached hydrogen (secondary N) is 2. The highest BCUT2D eigenvalue weighted by molar-refractivity contribution is 6.33. The van der Waals surface area contributed by atoms with E-state index in [4.69, 9.17) is 11.6 Å². The molecule has 1 amide bonds. The molecule has 2 rings (SSSR count).